The van der Waals surface area contributed by atoms with Gasteiger partial charge < -0.3 is 25.1 Å². The van der Waals surface area contributed by atoms with Crippen LogP contribution in [-0.2, 0) is 9.59 Å². The first-order valence-electron chi connectivity index (χ1n) is 5.95. The molecule has 3 N–H and O–H groups in total. The van der Waals surface area contributed by atoms with Crippen molar-refractivity contribution in [3.8, 4) is 0 Å². The Morgan fingerprint density at radius 3 is 2.18 bits per heavy atom. The van der Waals surface area contributed by atoms with Crippen molar-refractivity contribution in [2.45, 2.75) is 46.1 Å². The summed E-state index contributed by atoms with van der Waals surface area (Å²) in [6.07, 6.45) is 1.99. The maximum Gasteiger partial charge on any atom is 0.129 e. The molecule has 0 amide bonds. The molecule has 5 nitrogen and oxygen atoms in total. The van der Waals surface area contributed by atoms with E-state index in [2.05, 4.69) is 5.32 Å². The summed E-state index contributed by atoms with van der Waals surface area (Å²) in [5.74, 6) is 0.159. The van der Waals surface area contributed by atoms with Gasteiger partial charge in [-0.05, 0) is 20.4 Å². The van der Waals surface area contributed by atoms with Crippen molar-refractivity contribution in [3.63, 3.8) is 0 Å². The highest BCUT2D eigenvalue weighted by atomic mass is 16.3. The van der Waals surface area contributed by atoms with Crippen LogP contribution < -0.4 is 5.32 Å². The summed E-state index contributed by atoms with van der Waals surface area (Å²) in [6, 6.07) is 0. The lowest BCUT2D eigenvalue weighted by atomic mass is 10.2. The molecule has 0 saturated carbocycles. The van der Waals surface area contributed by atoms with E-state index < -0.39 is 6.10 Å². The third-order valence-electron chi connectivity index (χ3n) is 1.50. The highest BCUT2D eigenvalue weighted by Gasteiger charge is 1.95. The van der Waals surface area contributed by atoms with Gasteiger partial charge in [0.1, 0.15) is 12.1 Å². The van der Waals surface area contributed by atoms with Gasteiger partial charge in [0, 0.05) is 19.4 Å². The quantitative estimate of drug-likeness (QED) is 0.452. The summed E-state index contributed by atoms with van der Waals surface area (Å²) >= 11 is 0. The Kier molecular flexibility index (Phi) is 26.1. The van der Waals surface area contributed by atoms with Gasteiger partial charge in [0.05, 0.1) is 12.7 Å². The van der Waals surface area contributed by atoms with Crippen molar-refractivity contribution in [3.05, 3.63) is 0 Å². The molecule has 0 spiro atoms. The minimum absolute atomic E-state index is 0.159. The van der Waals surface area contributed by atoms with E-state index in [-0.39, 0.29) is 12.4 Å². The van der Waals surface area contributed by atoms with Crippen LogP contribution in [0.5, 0.6) is 0 Å². The fraction of sp³-hybridized carbons (Fsp3) is 0.833. The average molecular weight is 249 g/mol. The van der Waals surface area contributed by atoms with Gasteiger partial charge in [-0.3, -0.25) is 0 Å². The van der Waals surface area contributed by atoms with E-state index in [1.54, 1.807) is 7.05 Å². The molecule has 0 aliphatic carbocycles. The molecule has 0 aromatic carbocycles. The highest BCUT2D eigenvalue weighted by Crippen LogP contribution is 1.91. The van der Waals surface area contributed by atoms with E-state index in [9.17, 15) is 9.59 Å². The minimum Gasteiger partial charge on any atom is -0.394 e. The van der Waals surface area contributed by atoms with Crippen molar-refractivity contribution in [1.82, 2.24) is 5.32 Å². The van der Waals surface area contributed by atoms with Gasteiger partial charge in [-0.2, -0.15) is 0 Å². The maximum absolute atomic E-state index is 10.2. The van der Waals surface area contributed by atoms with Gasteiger partial charge in [-0.15, -0.1) is 0 Å². The zero-order chi connectivity index (χ0) is 14.1. The number of hydrogen-bond donors (Lipinski definition) is 3. The first-order valence-corrected chi connectivity index (χ1v) is 5.95. The lowest BCUT2D eigenvalue weighted by molar-refractivity contribution is -0.117. The summed E-state index contributed by atoms with van der Waals surface area (Å²) in [6.45, 7) is 5.82. The molecule has 0 rings (SSSR count). The van der Waals surface area contributed by atoms with Gasteiger partial charge in [-0.25, -0.2) is 0 Å². The number of aldehydes is 1. The smallest absolute Gasteiger partial charge is 0.129 e. The lowest BCUT2D eigenvalue weighted by Crippen LogP contribution is -2.26. The molecule has 5 heteroatoms. The van der Waals surface area contributed by atoms with Crippen LogP contribution in [0.4, 0.5) is 0 Å². The second-order valence-electron chi connectivity index (χ2n) is 3.15. The highest BCUT2D eigenvalue weighted by molar-refractivity contribution is 5.75. The number of hydrogen-bond acceptors (Lipinski definition) is 5. The first-order chi connectivity index (χ1) is 8.08. The number of rotatable bonds is 7. The molecule has 0 heterocycles. The molecular formula is C12H27NO4. The molecule has 0 aliphatic heterocycles. The van der Waals surface area contributed by atoms with Crippen molar-refractivity contribution < 1.29 is 19.8 Å². The lowest BCUT2D eigenvalue weighted by Gasteiger charge is -2.02. The predicted molar refractivity (Wildman–Crippen MR) is 69.0 cm³/mol. The van der Waals surface area contributed by atoms with Crippen molar-refractivity contribution in [2.75, 3.05) is 20.2 Å². The Bertz CT molecular complexity index is 163. The van der Waals surface area contributed by atoms with E-state index >= 15 is 0 Å². The Morgan fingerprint density at radius 2 is 1.94 bits per heavy atom. The van der Waals surface area contributed by atoms with Crippen molar-refractivity contribution >= 4 is 12.1 Å². The Labute approximate surface area is 104 Å². The summed E-state index contributed by atoms with van der Waals surface area (Å²) < 4.78 is 0. The normalized spacial score (nSPS) is 10.2. The molecule has 104 valence electrons. The molecule has 0 fully saturated rings. The Balaban J connectivity index is -0.000000202. The summed E-state index contributed by atoms with van der Waals surface area (Å²) in [4.78, 5) is 19.9. The zero-order valence-electron chi connectivity index (χ0n) is 11.4. The second kappa shape index (κ2) is 20.6. The number of carbonyl (C=O) groups is 2. The van der Waals surface area contributed by atoms with Gasteiger partial charge >= 0.3 is 0 Å². The van der Waals surface area contributed by atoms with Crippen LogP contribution in [-0.4, -0.2) is 48.6 Å². The van der Waals surface area contributed by atoms with Crippen LogP contribution in [0.15, 0.2) is 0 Å². The Hall–Kier alpha value is -0.780. The Morgan fingerprint density at radius 1 is 1.41 bits per heavy atom. The molecule has 0 aromatic rings. The van der Waals surface area contributed by atoms with Gasteiger partial charge in [0.15, 0.2) is 0 Å². The van der Waals surface area contributed by atoms with Crippen LogP contribution in [0, 0.1) is 0 Å². The van der Waals surface area contributed by atoms with E-state index in [1.165, 1.54) is 6.92 Å². The number of likely N-dealkylation sites (N-methyl/N-ethyl adjacent to an activating group) is 1. The number of carbonyl (C=O) groups excluding carboxylic acids is 2. The number of ketones is 1. The average Bonchev–Trinajstić information content (AvgIpc) is 2.33. The van der Waals surface area contributed by atoms with E-state index in [0.717, 1.165) is 6.29 Å². The van der Waals surface area contributed by atoms with Crippen LogP contribution >= 0.6 is 0 Å². The molecule has 0 aromatic heterocycles. The first kappa shape index (κ1) is 21.5. The predicted octanol–water partition coefficient (Wildman–Crippen LogP) is 0.530. The fourth-order valence-corrected chi connectivity index (χ4v) is 0.735. The largest absolute Gasteiger partial charge is 0.394 e. The molecule has 17 heavy (non-hydrogen) atoms. The summed E-state index contributed by atoms with van der Waals surface area (Å²) in [5, 5.41) is 19.4. The summed E-state index contributed by atoms with van der Waals surface area (Å²) in [7, 11) is 1.72. The number of aliphatic hydroxyl groups is 2. The third-order valence-corrected chi connectivity index (χ3v) is 1.50. The van der Waals surface area contributed by atoms with Crippen LogP contribution in [0.25, 0.3) is 0 Å². The SMILES string of the molecule is CC.CC(=O)CCCC=O.CNCC(O)CO. The molecule has 0 bridgehead atoms. The van der Waals surface area contributed by atoms with Crippen LogP contribution in [0.1, 0.15) is 40.0 Å². The monoisotopic (exact) mass is 249 g/mol. The van der Waals surface area contributed by atoms with Crippen LogP contribution in [0.2, 0.25) is 0 Å². The number of aliphatic hydroxyl groups excluding tert-OH is 2. The zero-order valence-corrected chi connectivity index (χ0v) is 11.4. The molecule has 0 aliphatic rings. The molecule has 0 saturated heterocycles. The van der Waals surface area contributed by atoms with Crippen molar-refractivity contribution in [2.24, 2.45) is 0 Å². The van der Waals surface area contributed by atoms with Crippen LogP contribution in [0.3, 0.4) is 0 Å². The maximum atomic E-state index is 10.2. The molecule has 1 unspecified atom stereocenters. The fourth-order valence-electron chi connectivity index (χ4n) is 0.735. The van der Waals surface area contributed by atoms with E-state index in [4.69, 9.17) is 10.2 Å². The molecule has 1 atom stereocenters. The minimum atomic E-state index is -0.606. The summed E-state index contributed by atoms with van der Waals surface area (Å²) in [5.41, 5.74) is 0. The van der Waals surface area contributed by atoms with Crippen molar-refractivity contribution in [1.29, 1.82) is 0 Å². The molecular weight excluding hydrogens is 222 g/mol. The van der Waals surface area contributed by atoms with E-state index in [0.29, 0.717) is 25.8 Å². The van der Waals surface area contributed by atoms with Gasteiger partial charge in [0.25, 0.3) is 0 Å². The third kappa shape index (κ3) is 31.3. The standard InChI is InChI=1S/C6H10O2.C4H11NO2.C2H6/c1-6(8)4-2-3-5-7;1-5-2-4(7)3-6;1-2/h5H,2-4H2,1H3;4-7H,2-3H2,1H3;1-2H3. The number of nitrogens with one attached hydrogen (secondary N) is 1. The van der Waals surface area contributed by atoms with E-state index in [1.807, 2.05) is 13.8 Å². The second-order valence-corrected chi connectivity index (χ2v) is 3.15. The number of unbranched alkanes of at least 4 members (excludes halogenated alkanes) is 1. The van der Waals surface area contributed by atoms with Gasteiger partial charge in [0.2, 0.25) is 0 Å². The molecule has 0 radical (unpaired) electrons. The number of Topliss-reactive ketones (excluding diaryl/α,β-unsaturated/α-hetero) is 1. The topological polar surface area (TPSA) is 86.6 Å². The van der Waals surface area contributed by atoms with Gasteiger partial charge in [-0.1, -0.05) is 13.8 Å².